The monoisotopic (exact) mass is 1730 g/mol. The highest BCUT2D eigenvalue weighted by molar-refractivity contribution is 6.16. The van der Waals surface area contributed by atoms with Crippen molar-refractivity contribution in [1.82, 2.24) is 44.9 Å². The Morgan fingerprint density at radius 2 is 0.363 bits per heavy atom. The maximum atomic E-state index is 6.18. The minimum Gasteiger partial charge on any atom is -0.456 e. The van der Waals surface area contributed by atoms with Crippen LogP contribution in [0.3, 0.4) is 0 Å². The fourth-order valence-corrected chi connectivity index (χ4v) is 18.9. The normalized spacial score (nSPS) is 11.6. The molecular formula is C123H75N9O3. The highest BCUT2D eigenvalue weighted by atomic mass is 16.3. The van der Waals surface area contributed by atoms with E-state index in [1.165, 1.54) is 27.3 Å². The van der Waals surface area contributed by atoms with Crippen molar-refractivity contribution in [2.45, 2.75) is 0 Å². The molecule has 135 heavy (non-hydrogen) atoms. The molecule has 12 heteroatoms. The van der Waals surface area contributed by atoms with Crippen LogP contribution in [0.5, 0.6) is 0 Å². The van der Waals surface area contributed by atoms with Crippen molar-refractivity contribution >= 4 is 130 Å². The summed E-state index contributed by atoms with van der Waals surface area (Å²) in [5.41, 5.74) is 21.1. The summed E-state index contributed by atoms with van der Waals surface area (Å²) < 4.78 is 18.4. The Morgan fingerprint density at radius 1 is 0.111 bits per heavy atom. The number of benzene rings is 21. The first-order chi connectivity index (χ1) is 66.8. The molecule has 0 saturated heterocycles. The zero-order valence-electron chi connectivity index (χ0n) is 72.6. The maximum Gasteiger partial charge on any atom is 0.164 e. The first kappa shape index (κ1) is 78.8. The molecular weight excluding hydrogens is 1650 g/mol. The first-order valence-electron chi connectivity index (χ1n) is 45.1. The van der Waals surface area contributed by atoms with Crippen LogP contribution in [0.2, 0.25) is 0 Å². The first-order valence-corrected chi connectivity index (χ1v) is 45.1. The standard InChI is InChI=1S/3C41H25N3O/c1-3-11-26(12-4-1)39-42-40(27-13-5-2-6-14-27)44-41(43-39)34-19-10-15-28-23-30(21-22-32(28)34)31-18-9-16-29-24-38-36(25-35(29)31)33-17-7-8-20-37(33)45-38;1-3-11-26(12-4-1)39-42-40(27-13-5-2-6-14-27)44-41(43-39)35-19-10-17-32-31(16-9-18-33(32)35)29-22-21-28-25-38-36(24-30(28)23-29)34-15-7-8-20-37(34)45-38;1-3-10-26(11-4-1)39-42-40(27-12-5-2-6-13-27)44-41(43-39)35-16-9-14-31-22-29(20-21-33(31)35)28-18-19-30-25-38-36(24-32(30)23-28)34-15-7-8-17-37(34)45-38/h3*1-25H. The number of hydrogen-bond donors (Lipinski definition) is 0. The van der Waals surface area contributed by atoms with Gasteiger partial charge >= 0.3 is 0 Å². The molecule has 0 spiro atoms. The second-order valence-electron chi connectivity index (χ2n) is 33.8. The van der Waals surface area contributed by atoms with Gasteiger partial charge in [0.25, 0.3) is 0 Å². The Kier molecular flexibility index (Phi) is 19.6. The van der Waals surface area contributed by atoms with E-state index in [4.69, 9.17) is 58.1 Å². The van der Waals surface area contributed by atoms with Gasteiger partial charge in [-0.1, -0.05) is 376 Å². The molecule has 0 aliphatic heterocycles. The number of furan rings is 3. The third-order valence-electron chi connectivity index (χ3n) is 25.5. The zero-order valence-corrected chi connectivity index (χ0v) is 72.6. The van der Waals surface area contributed by atoms with Gasteiger partial charge in [-0.05, 0) is 177 Å². The Balaban J connectivity index is 0.000000108. The summed E-state index contributed by atoms with van der Waals surface area (Å²) in [5, 5.41) is 20.5. The molecule has 27 rings (SSSR count). The van der Waals surface area contributed by atoms with Crippen molar-refractivity contribution in [3.63, 3.8) is 0 Å². The Bertz CT molecular complexity index is 9140. The average molecular weight is 1730 g/mol. The molecule has 27 aromatic rings. The molecule has 6 heterocycles. The topological polar surface area (TPSA) is 155 Å². The number of fused-ring (bicyclic) bond motifs is 15. The molecule has 0 N–H and O–H groups in total. The molecule has 0 amide bonds. The highest BCUT2D eigenvalue weighted by Gasteiger charge is 2.23. The van der Waals surface area contributed by atoms with Crippen molar-refractivity contribution in [1.29, 1.82) is 0 Å². The van der Waals surface area contributed by atoms with E-state index in [1.807, 2.05) is 218 Å². The Hall–Kier alpha value is -18.4. The zero-order chi connectivity index (χ0) is 89.2. The van der Waals surface area contributed by atoms with Gasteiger partial charge in [-0.2, -0.15) is 0 Å². The predicted octanol–water partition coefficient (Wildman–Crippen LogP) is 32.2. The Labute approximate surface area is 774 Å². The SMILES string of the molecule is c1ccc(-c2nc(-c3ccccc3)nc(-c3cccc4c(-c5ccc6cc7oc8ccccc8c7cc6c5)cccc34)n2)cc1.c1ccc(-c2nc(-c3ccccc3)nc(-c3cccc4cc(-c5ccc6cc7oc8ccccc8c7cc6c5)ccc34)n2)cc1.c1ccc(-c2nc(-c3ccccc3)nc(-c3cccc4cc(-c5cccc6cc7oc8ccccc8c7cc56)ccc34)n2)cc1. The third-order valence-corrected chi connectivity index (χ3v) is 25.5. The minimum atomic E-state index is 0.651. The molecule has 12 nitrogen and oxygen atoms in total. The van der Waals surface area contributed by atoms with Crippen molar-refractivity contribution in [3.05, 3.63) is 455 Å². The lowest BCUT2D eigenvalue weighted by molar-refractivity contribution is 0.669. The van der Waals surface area contributed by atoms with E-state index in [-0.39, 0.29) is 0 Å². The van der Waals surface area contributed by atoms with Gasteiger partial charge in [0.1, 0.15) is 33.5 Å². The van der Waals surface area contributed by atoms with Crippen LogP contribution < -0.4 is 0 Å². The van der Waals surface area contributed by atoms with Crippen LogP contribution in [-0.4, -0.2) is 44.9 Å². The molecule has 6 aromatic heterocycles. The van der Waals surface area contributed by atoms with Crippen LogP contribution in [0.1, 0.15) is 0 Å². The lowest BCUT2D eigenvalue weighted by Crippen LogP contribution is -2.00. The maximum absolute atomic E-state index is 6.18. The summed E-state index contributed by atoms with van der Waals surface area (Å²) >= 11 is 0. The van der Waals surface area contributed by atoms with Gasteiger partial charge in [-0.15, -0.1) is 0 Å². The molecule has 0 aliphatic carbocycles. The van der Waals surface area contributed by atoms with Crippen LogP contribution >= 0.6 is 0 Å². The summed E-state index contributed by atoms with van der Waals surface area (Å²) in [6.45, 7) is 0. The van der Waals surface area contributed by atoms with E-state index in [1.54, 1.807) is 0 Å². The molecule has 630 valence electrons. The van der Waals surface area contributed by atoms with Gasteiger partial charge < -0.3 is 13.3 Å². The summed E-state index contributed by atoms with van der Waals surface area (Å²) in [7, 11) is 0. The lowest BCUT2D eigenvalue weighted by Gasteiger charge is -2.13. The number of aromatic nitrogens is 9. The van der Waals surface area contributed by atoms with Crippen LogP contribution in [0.4, 0.5) is 0 Å². The summed E-state index contributed by atoms with van der Waals surface area (Å²) in [5.74, 6) is 5.89. The predicted molar refractivity (Wildman–Crippen MR) is 552 cm³/mol. The van der Waals surface area contributed by atoms with Gasteiger partial charge in [-0.25, -0.2) is 44.9 Å². The molecule has 0 saturated carbocycles. The van der Waals surface area contributed by atoms with Gasteiger partial charge in [0, 0.05) is 82.4 Å². The van der Waals surface area contributed by atoms with Gasteiger partial charge in [0.15, 0.2) is 52.4 Å². The van der Waals surface area contributed by atoms with E-state index >= 15 is 0 Å². The number of hydrogen-bond acceptors (Lipinski definition) is 12. The molecule has 21 aromatic carbocycles. The van der Waals surface area contributed by atoms with Crippen molar-refractivity contribution in [3.8, 4) is 136 Å². The smallest absolute Gasteiger partial charge is 0.164 e. The minimum absolute atomic E-state index is 0.651. The van der Waals surface area contributed by atoms with E-state index in [0.29, 0.717) is 52.4 Å². The van der Waals surface area contributed by atoms with E-state index in [0.717, 1.165) is 187 Å². The molecule has 0 radical (unpaired) electrons. The second kappa shape index (κ2) is 33.6. The largest absolute Gasteiger partial charge is 0.456 e. The number of rotatable bonds is 12. The molecule has 0 fully saturated rings. The quantitative estimate of drug-likeness (QED) is 0.114. The van der Waals surface area contributed by atoms with Gasteiger partial charge in [0.2, 0.25) is 0 Å². The molecule has 0 unspecified atom stereocenters. The molecule has 0 aliphatic rings. The summed E-state index contributed by atoms with van der Waals surface area (Å²) in [6.07, 6.45) is 0. The fraction of sp³-hybridized carbons (Fsp3) is 0. The lowest BCUT2D eigenvalue weighted by atomic mass is 9.93. The van der Waals surface area contributed by atoms with Crippen LogP contribution in [0.25, 0.3) is 266 Å². The van der Waals surface area contributed by atoms with E-state index in [9.17, 15) is 0 Å². The average Bonchev–Trinajstić information content (AvgIpc) is 1.71. The van der Waals surface area contributed by atoms with Crippen LogP contribution in [-0.2, 0) is 0 Å². The highest BCUT2D eigenvalue weighted by Crippen LogP contribution is 2.44. The number of nitrogens with zero attached hydrogens (tertiary/aromatic N) is 9. The van der Waals surface area contributed by atoms with Crippen molar-refractivity contribution in [2.24, 2.45) is 0 Å². The Morgan fingerprint density at radius 3 is 0.748 bits per heavy atom. The van der Waals surface area contributed by atoms with E-state index < -0.39 is 0 Å². The van der Waals surface area contributed by atoms with E-state index in [2.05, 4.69) is 237 Å². The second-order valence-corrected chi connectivity index (χ2v) is 33.8. The van der Waals surface area contributed by atoms with Gasteiger partial charge in [0.05, 0.1) is 0 Å². The van der Waals surface area contributed by atoms with Crippen molar-refractivity contribution < 1.29 is 13.3 Å². The molecule has 0 bridgehead atoms. The molecule has 0 atom stereocenters. The van der Waals surface area contributed by atoms with Crippen LogP contribution in [0.15, 0.2) is 468 Å². The third kappa shape index (κ3) is 14.9. The summed E-state index contributed by atoms with van der Waals surface area (Å²) in [6, 6.07) is 157. The van der Waals surface area contributed by atoms with Crippen LogP contribution in [0, 0.1) is 0 Å². The van der Waals surface area contributed by atoms with Crippen molar-refractivity contribution in [2.75, 3.05) is 0 Å². The summed E-state index contributed by atoms with van der Waals surface area (Å²) in [4.78, 5) is 44.6. The fourth-order valence-electron chi connectivity index (χ4n) is 18.9. The number of para-hydroxylation sites is 3. The van der Waals surface area contributed by atoms with Gasteiger partial charge in [-0.3, -0.25) is 0 Å².